The van der Waals surface area contributed by atoms with Gasteiger partial charge in [0.05, 0.1) is 13.0 Å². The summed E-state index contributed by atoms with van der Waals surface area (Å²) in [6.45, 7) is 18.8. The van der Waals surface area contributed by atoms with Gasteiger partial charge in [-0.05, 0) is 59.1 Å². The van der Waals surface area contributed by atoms with Gasteiger partial charge < -0.3 is 14.7 Å². The molecule has 0 bridgehead atoms. The smallest absolute Gasteiger partial charge is 0.310 e. The highest BCUT2D eigenvalue weighted by Crippen LogP contribution is 2.40. The maximum Gasteiger partial charge on any atom is 0.310 e. The Labute approximate surface area is 234 Å². The summed E-state index contributed by atoms with van der Waals surface area (Å²) in [7, 11) is 0. The minimum atomic E-state index is -0.209. The van der Waals surface area contributed by atoms with Crippen molar-refractivity contribution in [1.29, 1.82) is 0 Å². The number of benzene rings is 2. The lowest BCUT2D eigenvalue weighted by Crippen LogP contribution is -2.48. The van der Waals surface area contributed by atoms with E-state index >= 15 is 0 Å². The van der Waals surface area contributed by atoms with E-state index in [0.29, 0.717) is 31.9 Å². The predicted octanol–water partition coefficient (Wildman–Crippen LogP) is 5.49. The van der Waals surface area contributed by atoms with Crippen LogP contribution in [0.3, 0.4) is 0 Å². The van der Waals surface area contributed by atoms with Gasteiger partial charge in [-0.2, -0.15) is 0 Å². The van der Waals surface area contributed by atoms with Crippen LogP contribution >= 0.6 is 0 Å². The highest BCUT2D eigenvalue weighted by Gasteiger charge is 2.26. The monoisotopic (exact) mass is 534 g/mol. The molecule has 0 spiro atoms. The first-order chi connectivity index (χ1) is 18.3. The molecular weight excluding hydrogens is 488 g/mol. The fraction of sp³-hybridized carbons (Fsp3) is 0.515. The average molecular weight is 535 g/mol. The number of hydrogen-bond acceptors (Lipinski definition) is 5. The molecule has 0 aliphatic carbocycles. The molecule has 1 fully saturated rings. The van der Waals surface area contributed by atoms with Crippen LogP contribution in [0.5, 0.6) is 5.75 Å². The van der Waals surface area contributed by atoms with Gasteiger partial charge in [0.25, 0.3) is 0 Å². The molecule has 212 valence electrons. The summed E-state index contributed by atoms with van der Waals surface area (Å²) in [5.74, 6) is 0.177. The second-order valence-corrected chi connectivity index (χ2v) is 12.5. The van der Waals surface area contributed by atoms with Crippen LogP contribution < -0.4 is 0 Å². The fourth-order valence-electron chi connectivity index (χ4n) is 4.85. The largest absolute Gasteiger partial charge is 0.507 e. The zero-order valence-corrected chi connectivity index (χ0v) is 24.8. The third-order valence-electron chi connectivity index (χ3n) is 7.24. The highest BCUT2D eigenvalue weighted by molar-refractivity contribution is 5.92. The second-order valence-electron chi connectivity index (χ2n) is 12.5. The Morgan fingerprint density at radius 1 is 0.897 bits per heavy atom. The molecule has 0 radical (unpaired) electrons. The molecule has 1 aliphatic heterocycles. The van der Waals surface area contributed by atoms with Crippen LogP contribution in [0.15, 0.2) is 42.5 Å². The lowest BCUT2D eigenvalue weighted by atomic mass is 9.78. The van der Waals surface area contributed by atoms with Crippen molar-refractivity contribution in [2.45, 2.75) is 72.1 Å². The van der Waals surface area contributed by atoms with Crippen molar-refractivity contribution in [2.24, 2.45) is 0 Å². The SMILES string of the molecule is CCOC(=O)Cc1ccc(CCN2CCN(C(=O)C=Cc3cc(C(C)(C)C)c(O)c(C(C)(C)C)c3)CC2)cc1. The molecule has 39 heavy (non-hydrogen) atoms. The Bertz CT molecular complexity index is 1130. The molecule has 0 unspecified atom stereocenters. The fourth-order valence-corrected chi connectivity index (χ4v) is 4.85. The van der Waals surface area contributed by atoms with E-state index in [0.717, 1.165) is 48.3 Å². The summed E-state index contributed by atoms with van der Waals surface area (Å²) < 4.78 is 5.02. The number of phenolic OH excluding ortho intramolecular Hbond substituents is 1. The lowest BCUT2D eigenvalue weighted by molar-refractivity contribution is -0.142. The molecule has 0 saturated carbocycles. The zero-order valence-electron chi connectivity index (χ0n) is 24.8. The van der Waals surface area contributed by atoms with Crippen LogP contribution in [0, 0.1) is 0 Å². The van der Waals surface area contributed by atoms with E-state index in [1.165, 1.54) is 5.56 Å². The van der Waals surface area contributed by atoms with Gasteiger partial charge in [0.2, 0.25) is 5.91 Å². The van der Waals surface area contributed by atoms with Crippen LogP contribution in [0.2, 0.25) is 0 Å². The van der Waals surface area contributed by atoms with Gasteiger partial charge in [-0.25, -0.2) is 0 Å². The van der Waals surface area contributed by atoms with Crippen LogP contribution in [0.1, 0.15) is 76.3 Å². The van der Waals surface area contributed by atoms with E-state index in [1.54, 1.807) is 6.08 Å². The normalized spacial score (nSPS) is 15.1. The van der Waals surface area contributed by atoms with Crippen molar-refractivity contribution in [1.82, 2.24) is 9.80 Å². The lowest BCUT2D eigenvalue weighted by Gasteiger charge is -2.34. The molecule has 6 nitrogen and oxygen atoms in total. The summed E-state index contributed by atoms with van der Waals surface area (Å²) in [5.41, 5.74) is 4.50. The summed E-state index contributed by atoms with van der Waals surface area (Å²) >= 11 is 0. The molecule has 1 saturated heterocycles. The van der Waals surface area contributed by atoms with Gasteiger partial charge in [-0.3, -0.25) is 14.5 Å². The number of rotatable bonds is 8. The molecule has 3 rings (SSSR count). The van der Waals surface area contributed by atoms with Crippen LogP contribution in [-0.2, 0) is 38.0 Å². The number of esters is 1. The first-order valence-corrected chi connectivity index (χ1v) is 14.1. The van der Waals surface area contributed by atoms with E-state index in [2.05, 4.69) is 58.6 Å². The van der Waals surface area contributed by atoms with Gasteiger partial charge in [0.15, 0.2) is 0 Å². The maximum atomic E-state index is 13.0. The zero-order chi connectivity index (χ0) is 28.8. The van der Waals surface area contributed by atoms with E-state index in [-0.39, 0.29) is 22.7 Å². The van der Waals surface area contributed by atoms with E-state index < -0.39 is 0 Å². The van der Waals surface area contributed by atoms with Gasteiger partial charge >= 0.3 is 5.97 Å². The van der Waals surface area contributed by atoms with Crippen LogP contribution in [0.4, 0.5) is 0 Å². The number of phenols is 1. The Kier molecular flexibility index (Phi) is 10.0. The summed E-state index contributed by atoms with van der Waals surface area (Å²) in [4.78, 5) is 28.9. The molecule has 1 N–H and O–H groups in total. The number of amides is 1. The van der Waals surface area contributed by atoms with Crippen molar-refractivity contribution in [3.05, 3.63) is 70.3 Å². The number of piperazine rings is 1. The molecule has 6 heteroatoms. The standard InChI is InChI=1S/C33H46N2O4/c1-8-39-30(37)23-25-11-9-24(10-12-25)15-16-34-17-19-35(20-18-34)29(36)14-13-26-21-27(32(2,3)4)31(38)28(22-26)33(5,6)7/h9-14,21-22,38H,8,15-20,23H2,1-7H3. The quantitative estimate of drug-likeness (QED) is 0.358. The Morgan fingerprint density at radius 3 is 1.95 bits per heavy atom. The van der Waals surface area contributed by atoms with Gasteiger partial charge in [0, 0.05) is 49.9 Å². The van der Waals surface area contributed by atoms with Crippen molar-refractivity contribution in [3.8, 4) is 5.75 Å². The van der Waals surface area contributed by atoms with Crippen molar-refractivity contribution in [2.75, 3.05) is 39.3 Å². The number of aromatic hydroxyl groups is 1. The maximum absolute atomic E-state index is 13.0. The third-order valence-corrected chi connectivity index (χ3v) is 7.24. The van der Waals surface area contributed by atoms with Gasteiger partial charge in [-0.15, -0.1) is 0 Å². The van der Waals surface area contributed by atoms with Crippen LogP contribution in [-0.4, -0.2) is 66.1 Å². The van der Waals surface area contributed by atoms with Crippen molar-refractivity contribution < 1.29 is 19.4 Å². The van der Waals surface area contributed by atoms with Crippen molar-refractivity contribution >= 4 is 18.0 Å². The number of carbonyl (C=O) groups is 2. The second kappa shape index (κ2) is 12.8. The summed E-state index contributed by atoms with van der Waals surface area (Å²) in [5, 5.41) is 10.9. The minimum absolute atomic E-state index is 0.0227. The molecule has 1 amide bonds. The highest BCUT2D eigenvalue weighted by atomic mass is 16.5. The topological polar surface area (TPSA) is 70.1 Å². The Hall–Kier alpha value is -3.12. The first-order valence-electron chi connectivity index (χ1n) is 14.1. The number of hydrogen-bond donors (Lipinski definition) is 1. The average Bonchev–Trinajstić information content (AvgIpc) is 2.86. The summed E-state index contributed by atoms with van der Waals surface area (Å²) in [6, 6.07) is 12.2. The number of carbonyl (C=O) groups excluding carboxylic acids is 2. The van der Waals surface area contributed by atoms with E-state index in [9.17, 15) is 14.7 Å². The third kappa shape index (κ3) is 8.69. The molecule has 1 heterocycles. The number of nitrogens with zero attached hydrogens (tertiary/aromatic N) is 2. The Morgan fingerprint density at radius 2 is 1.44 bits per heavy atom. The van der Waals surface area contributed by atoms with Crippen LogP contribution in [0.25, 0.3) is 6.08 Å². The Balaban J connectivity index is 1.54. The van der Waals surface area contributed by atoms with E-state index in [1.807, 2.05) is 42.2 Å². The number of ether oxygens (including phenoxy) is 1. The molecule has 0 atom stereocenters. The molecule has 2 aromatic rings. The first kappa shape index (κ1) is 30.4. The molecule has 2 aromatic carbocycles. The van der Waals surface area contributed by atoms with E-state index in [4.69, 9.17) is 4.74 Å². The summed E-state index contributed by atoms with van der Waals surface area (Å²) in [6.07, 6.45) is 4.78. The van der Waals surface area contributed by atoms with Gasteiger partial charge in [0.1, 0.15) is 5.75 Å². The predicted molar refractivity (Wildman–Crippen MR) is 158 cm³/mol. The minimum Gasteiger partial charge on any atom is -0.507 e. The molecule has 1 aliphatic rings. The van der Waals surface area contributed by atoms with Crippen molar-refractivity contribution in [3.63, 3.8) is 0 Å². The molecule has 0 aromatic heterocycles. The molecular formula is C33H46N2O4. The van der Waals surface area contributed by atoms with Gasteiger partial charge in [-0.1, -0.05) is 65.8 Å².